The molecule has 0 saturated carbocycles. The molecule has 1 aliphatic heterocycles. The molecule has 2 atom stereocenters. The highest BCUT2D eigenvalue weighted by molar-refractivity contribution is 6.30. The predicted molar refractivity (Wildman–Crippen MR) is 133 cm³/mol. The summed E-state index contributed by atoms with van der Waals surface area (Å²) in [5.41, 5.74) is 2.74. The summed E-state index contributed by atoms with van der Waals surface area (Å²) >= 11 is 5.99. The van der Waals surface area contributed by atoms with E-state index in [9.17, 15) is 22.8 Å². The second-order valence-electron chi connectivity index (χ2n) is 8.94. The Morgan fingerprint density at radius 1 is 1.19 bits per heavy atom. The van der Waals surface area contributed by atoms with Crippen LogP contribution in [0.15, 0.2) is 48.7 Å². The average Bonchev–Trinajstić information content (AvgIpc) is 3.27. The molecule has 198 valence electrons. The number of hydrogen-bond donors (Lipinski definition) is 2. The van der Waals surface area contributed by atoms with E-state index < -0.39 is 18.2 Å². The molecule has 4 rings (SSSR count). The van der Waals surface area contributed by atoms with Gasteiger partial charge in [-0.1, -0.05) is 29.8 Å². The zero-order valence-electron chi connectivity index (χ0n) is 20.1. The quantitative estimate of drug-likeness (QED) is 0.408. The Labute approximate surface area is 216 Å². The highest BCUT2D eigenvalue weighted by Crippen LogP contribution is 2.26. The molecule has 37 heavy (non-hydrogen) atoms. The highest BCUT2D eigenvalue weighted by Gasteiger charge is 2.42. The van der Waals surface area contributed by atoms with Crippen molar-refractivity contribution in [2.75, 3.05) is 32.8 Å². The molecule has 2 heterocycles. The van der Waals surface area contributed by atoms with Crippen molar-refractivity contribution in [3.63, 3.8) is 0 Å². The molecule has 1 aromatic heterocycles. The number of fused-ring (bicyclic) bond motifs is 1. The third kappa shape index (κ3) is 6.82. The lowest BCUT2D eigenvalue weighted by Crippen LogP contribution is -2.40. The van der Waals surface area contributed by atoms with Gasteiger partial charge in [0.25, 0.3) is 5.91 Å². The number of aromatic amines is 1. The van der Waals surface area contributed by atoms with Gasteiger partial charge >= 0.3 is 12.1 Å². The number of morpholine rings is 1. The lowest BCUT2D eigenvalue weighted by atomic mass is 10.0. The molecule has 2 N–H and O–H groups in total. The highest BCUT2D eigenvalue weighted by atomic mass is 35.5. The summed E-state index contributed by atoms with van der Waals surface area (Å²) < 4.78 is 48.6. The maximum atomic E-state index is 12.8. The topological polar surface area (TPSA) is 83.7 Å². The second kappa shape index (κ2) is 11.5. The Morgan fingerprint density at radius 2 is 1.95 bits per heavy atom. The monoisotopic (exact) mass is 537 g/mol. The van der Waals surface area contributed by atoms with Crippen LogP contribution in [-0.2, 0) is 20.7 Å². The van der Waals surface area contributed by atoms with Gasteiger partial charge in [0.05, 0.1) is 13.2 Å². The van der Waals surface area contributed by atoms with Crippen molar-refractivity contribution >= 4 is 34.4 Å². The van der Waals surface area contributed by atoms with E-state index in [1.807, 2.05) is 25.3 Å². The Kier molecular flexibility index (Phi) is 8.41. The molecule has 1 amide bonds. The maximum Gasteiger partial charge on any atom is 0.490 e. The Morgan fingerprint density at radius 3 is 2.65 bits per heavy atom. The van der Waals surface area contributed by atoms with E-state index in [0.717, 1.165) is 16.5 Å². The fraction of sp³-hybridized carbons (Fsp3) is 0.385. The van der Waals surface area contributed by atoms with Crippen molar-refractivity contribution < 1.29 is 32.2 Å². The molecule has 0 unspecified atom stereocenters. The van der Waals surface area contributed by atoms with Crippen LogP contribution in [0.5, 0.6) is 0 Å². The van der Waals surface area contributed by atoms with E-state index in [1.54, 1.807) is 29.2 Å². The van der Waals surface area contributed by atoms with Gasteiger partial charge in [0.1, 0.15) is 6.10 Å². The van der Waals surface area contributed by atoms with E-state index >= 15 is 0 Å². The third-order valence-electron chi connectivity index (χ3n) is 6.19. The Hall–Kier alpha value is -3.08. The first kappa shape index (κ1) is 27.0. The van der Waals surface area contributed by atoms with Crippen LogP contribution in [0.25, 0.3) is 10.9 Å². The number of carbonyl (C=O) groups excluding carboxylic acids is 2. The van der Waals surface area contributed by atoms with Crippen molar-refractivity contribution in [3.05, 3.63) is 70.4 Å². The molecule has 1 aliphatic rings. The SMILES string of the molecule is C[C@H](Cc1c[nH]c2cc(C(=O)N3CCOCC3)ccc12)NC[C@@H](OC(=O)C(F)(F)F)c1cccc(Cl)c1. The van der Waals surface area contributed by atoms with E-state index in [4.69, 9.17) is 21.1 Å². The smallest absolute Gasteiger partial charge is 0.449 e. The minimum Gasteiger partial charge on any atom is -0.449 e. The number of alkyl halides is 3. The molecule has 0 aliphatic carbocycles. The van der Waals surface area contributed by atoms with Crippen LogP contribution in [0.3, 0.4) is 0 Å². The van der Waals surface area contributed by atoms with E-state index in [0.29, 0.717) is 48.9 Å². The van der Waals surface area contributed by atoms with Gasteiger partial charge < -0.3 is 24.7 Å². The minimum atomic E-state index is -5.10. The Balaban J connectivity index is 1.42. The molecule has 7 nitrogen and oxygen atoms in total. The number of benzene rings is 2. The lowest BCUT2D eigenvalue weighted by molar-refractivity contribution is -0.205. The summed E-state index contributed by atoms with van der Waals surface area (Å²) in [5, 5.41) is 4.43. The molecule has 2 aromatic carbocycles. The van der Waals surface area contributed by atoms with Gasteiger partial charge in [-0.3, -0.25) is 4.79 Å². The first-order valence-corrected chi connectivity index (χ1v) is 12.2. The number of nitrogens with zero attached hydrogens (tertiary/aromatic N) is 1. The second-order valence-corrected chi connectivity index (χ2v) is 9.38. The molecular weight excluding hydrogens is 511 g/mol. The lowest BCUT2D eigenvalue weighted by Gasteiger charge is -2.26. The normalized spacial score (nSPS) is 16.0. The van der Waals surface area contributed by atoms with Crippen LogP contribution in [0.2, 0.25) is 5.02 Å². The van der Waals surface area contributed by atoms with E-state index in [-0.39, 0.29) is 18.5 Å². The summed E-state index contributed by atoms with van der Waals surface area (Å²) in [6, 6.07) is 11.5. The van der Waals surface area contributed by atoms with Crippen LogP contribution in [0.4, 0.5) is 13.2 Å². The zero-order chi connectivity index (χ0) is 26.6. The fourth-order valence-corrected chi connectivity index (χ4v) is 4.48. The summed E-state index contributed by atoms with van der Waals surface area (Å²) in [6.45, 7) is 4.02. The van der Waals surface area contributed by atoms with Gasteiger partial charge in [-0.05, 0) is 48.7 Å². The molecule has 0 radical (unpaired) electrons. The van der Waals surface area contributed by atoms with Gasteiger partial charge in [0.2, 0.25) is 0 Å². The molecule has 0 bridgehead atoms. The van der Waals surface area contributed by atoms with Crippen molar-refractivity contribution in [2.24, 2.45) is 0 Å². The Bertz CT molecular complexity index is 1260. The van der Waals surface area contributed by atoms with Gasteiger partial charge in [-0.25, -0.2) is 4.79 Å². The van der Waals surface area contributed by atoms with E-state index in [1.165, 1.54) is 6.07 Å². The standard InChI is InChI=1S/C26H27ClF3N3O4/c1-16(31-15-23(37-25(35)26(28,29)30)17-3-2-4-20(27)12-17)11-19-14-32-22-13-18(5-6-21(19)22)24(34)33-7-9-36-10-8-33/h2-6,12-14,16,23,31-32H,7-11,15H2,1H3/t16-,23-/m1/s1. The van der Waals surface area contributed by atoms with Crippen molar-refractivity contribution in [1.82, 2.24) is 15.2 Å². The summed E-state index contributed by atoms with van der Waals surface area (Å²) in [6.07, 6.45) is -3.88. The molecular formula is C26H27ClF3N3O4. The number of H-pyrrole nitrogens is 1. The summed E-state index contributed by atoms with van der Waals surface area (Å²) in [7, 11) is 0. The van der Waals surface area contributed by atoms with Crippen LogP contribution in [0.1, 0.15) is 34.5 Å². The minimum absolute atomic E-state index is 0.0378. The zero-order valence-corrected chi connectivity index (χ0v) is 20.9. The molecule has 11 heteroatoms. The number of aromatic nitrogens is 1. The number of hydrogen-bond acceptors (Lipinski definition) is 5. The number of esters is 1. The largest absolute Gasteiger partial charge is 0.490 e. The number of carbonyl (C=O) groups is 2. The number of halogens is 4. The average molecular weight is 538 g/mol. The maximum absolute atomic E-state index is 12.8. The molecule has 1 saturated heterocycles. The molecule has 0 spiro atoms. The van der Waals surface area contributed by atoms with E-state index in [2.05, 4.69) is 10.3 Å². The van der Waals surface area contributed by atoms with Gasteiger partial charge in [0.15, 0.2) is 0 Å². The first-order chi connectivity index (χ1) is 17.6. The number of nitrogens with one attached hydrogen (secondary N) is 2. The number of ether oxygens (including phenoxy) is 2. The van der Waals surface area contributed by atoms with Crippen LogP contribution in [-0.4, -0.2) is 66.8 Å². The first-order valence-electron chi connectivity index (χ1n) is 11.9. The van der Waals surface area contributed by atoms with Crippen molar-refractivity contribution in [2.45, 2.75) is 31.7 Å². The van der Waals surface area contributed by atoms with Gasteiger partial charge in [-0.15, -0.1) is 0 Å². The molecule has 3 aromatic rings. The van der Waals surface area contributed by atoms with Crippen molar-refractivity contribution in [3.8, 4) is 0 Å². The molecule has 1 fully saturated rings. The van der Waals surface area contributed by atoms with Crippen LogP contribution >= 0.6 is 11.6 Å². The fourth-order valence-electron chi connectivity index (χ4n) is 4.28. The van der Waals surface area contributed by atoms with Crippen LogP contribution < -0.4 is 5.32 Å². The summed E-state index contributed by atoms with van der Waals surface area (Å²) in [4.78, 5) is 29.3. The van der Waals surface area contributed by atoms with Crippen molar-refractivity contribution in [1.29, 1.82) is 0 Å². The number of rotatable bonds is 8. The predicted octanol–water partition coefficient (Wildman–Crippen LogP) is 4.66. The van der Waals surface area contributed by atoms with Gasteiger partial charge in [0, 0.05) is 53.4 Å². The van der Waals surface area contributed by atoms with Crippen LogP contribution in [0, 0.1) is 0 Å². The van der Waals surface area contributed by atoms with Gasteiger partial charge in [-0.2, -0.15) is 13.2 Å². The number of amides is 1. The third-order valence-corrected chi connectivity index (χ3v) is 6.43. The summed E-state index contributed by atoms with van der Waals surface area (Å²) in [5.74, 6) is -2.30.